The number of rotatable bonds is 9. The second-order valence-electron chi connectivity index (χ2n) is 7.81. The minimum atomic E-state index is -1.03. The molecule has 3 rings (SSSR count). The van der Waals surface area contributed by atoms with Crippen molar-refractivity contribution in [2.75, 3.05) is 27.2 Å². The number of carboxylic acid groups (broad SMARTS) is 1. The molecule has 6 nitrogen and oxygen atoms in total. The normalized spacial score (nSPS) is 13.2. The van der Waals surface area contributed by atoms with Gasteiger partial charge in [0.25, 0.3) is 0 Å². The summed E-state index contributed by atoms with van der Waals surface area (Å²) in [4.78, 5) is 25.1. The van der Waals surface area contributed by atoms with Crippen LogP contribution in [0.5, 0.6) is 0 Å². The maximum Gasteiger partial charge on any atom is 0.407 e. The molecule has 162 valence electrons. The van der Waals surface area contributed by atoms with E-state index in [1.54, 1.807) is 0 Å². The predicted molar refractivity (Wildman–Crippen MR) is 111 cm³/mol. The number of alkyl carbamates (subject to hydrolysis) is 1. The third kappa shape index (κ3) is 5.74. The Bertz CT molecular complexity index is 826. The topological polar surface area (TPSA) is 80.1 Å². The van der Waals surface area contributed by atoms with Gasteiger partial charge in [-0.05, 0) is 41.5 Å². The van der Waals surface area contributed by atoms with E-state index < -0.39 is 18.1 Å². The molecule has 3 N–H and O–H groups in total. The highest BCUT2D eigenvalue weighted by molar-refractivity contribution is 5.81. The molecule has 0 fully saturated rings. The number of ether oxygens (including phenoxy) is 1. The van der Waals surface area contributed by atoms with Crippen LogP contribution in [0.25, 0.3) is 11.1 Å². The Morgan fingerprint density at radius 3 is 2.13 bits per heavy atom. The van der Waals surface area contributed by atoms with Crippen LogP contribution in [0.15, 0.2) is 48.5 Å². The number of quaternary nitrogens is 1. The van der Waals surface area contributed by atoms with Gasteiger partial charge in [-0.25, -0.2) is 9.59 Å². The summed E-state index contributed by atoms with van der Waals surface area (Å²) < 4.78 is 5.45. The van der Waals surface area contributed by atoms with Crippen LogP contribution in [0.3, 0.4) is 0 Å². The number of fused-ring (bicyclic) bond motifs is 3. The number of amides is 1. The summed E-state index contributed by atoms with van der Waals surface area (Å²) in [6, 6.07) is 15.3. The maximum absolute atomic E-state index is 12.3. The molecule has 1 aliphatic rings. The van der Waals surface area contributed by atoms with Gasteiger partial charge in [0.2, 0.25) is 0 Å². The summed E-state index contributed by atoms with van der Waals surface area (Å²) in [5.41, 5.74) is 4.57. The summed E-state index contributed by atoms with van der Waals surface area (Å²) in [6.45, 7) is 1.15. The monoisotopic (exact) mass is 432 g/mol. The van der Waals surface area contributed by atoms with E-state index >= 15 is 0 Å². The summed E-state index contributed by atoms with van der Waals surface area (Å²) in [5.74, 6) is -1.07. The van der Waals surface area contributed by atoms with Crippen LogP contribution in [0.2, 0.25) is 0 Å². The first-order valence-corrected chi connectivity index (χ1v) is 10.1. The van der Waals surface area contributed by atoms with Gasteiger partial charge in [-0.15, -0.1) is 0 Å². The van der Waals surface area contributed by atoms with Crippen molar-refractivity contribution in [2.24, 2.45) is 0 Å². The van der Waals surface area contributed by atoms with Crippen LogP contribution in [0.4, 0.5) is 4.79 Å². The smallest absolute Gasteiger partial charge is 0.407 e. The molecule has 0 radical (unpaired) electrons. The molecule has 0 saturated heterocycles. The largest absolute Gasteiger partial charge is 1.00 e. The fourth-order valence-electron chi connectivity index (χ4n) is 3.87. The number of unbranched alkanes of at least 4 members (excludes halogenated alkanes) is 1. The van der Waals surface area contributed by atoms with Crippen molar-refractivity contribution in [3.8, 4) is 11.1 Å². The first-order valence-electron chi connectivity index (χ1n) is 10.1. The molecule has 0 bridgehead atoms. The standard InChI is InChI=1S/C23H28N2O4.ClH/c1-25(2)14-8-7-13-21(22(26)27)24-23(28)29-15-20-18-11-5-3-9-16(18)17-10-4-6-12-19(17)20;/h3-6,9-12,20-21H,7-8,13-15H2,1-2H3,(H,24,28)(H,26,27);1H/t21-;/m1./s1. The Hall–Kier alpha value is -2.57. The third-order valence-corrected chi connectivity index (χ3v) is 5.35. The molecular weight excluding hydrogens is 404 g/mol. The highest BCUT2D eigenvalue weighted by atomic mass is 35.5. The predicted octanol–water partition coefficient (Wildman–Crippen LogP) is -0.703. The molecule has 30 heavy (non-hydrogen) atoms. The molecule has 1 atom stereocenters. The van der Waals surface area contributed by atoms with Crippen molar-refractivity contribution < 1.29 is 36.7 Å². The van der Waals surface area contributed by atoms with E-state index in [4.69, 9.17) is 4.74 Å². The summed E-state index contributed by atoms with van der Waals surface area (Å²) >= 11 is 0. The van der Waals surface area contributed by atoms with Crippen LogP contribution in [0.1, 0.15) is 36.3 Å². The van der Waals surface area contributed by atoms with Crippen LogP contribution in [-0.2, 0) is 9.53 Å². The van der Waals surface area contributed by atoms with Crippen molar-refractivity contribution in [1.82, 2.24) is 5.32 Å². The van der Waals surface area contributed by atoms with Crippen LogP contribution < -0.4 is 22.6 Å². The molecule has 0 aromatic heterocycles. The van der Waals surface area contributed by atoms with E-state index in [2.05, 4.69) is 31.5 Å². The van der Waals surface area contributed by atoms with E-state index in [0.29, 0.717) is 6.42 Å². The van der Waals surface area contributed by atoms with E-state index in [1.807, 2.05) is 36.4 Å². The molecule has 1 amide bonds. The number of benzene rings is 2. The van der Waals surface area contributed by atoms with Crippen molar-refractivity contribution in [3.63, 3.8) is 0 Å². The Labute approximate surface area is 183 Å². The third-order valence-electron chi connectivity index (χ3n) is 5.35. The average molecular weight is 433 g/mol. The zero-order chi connectivity index (χ0) is 20.8. The lowest BCUT2D eigenvalue weighted by atomic mass is 9.98. The van der Waals surface area contributed by atoms with Gasteiger partial charge >= 0.3 is 12.1 Å². The van der Waals surface area contributed by atoms with Gasteiger partial charge in [0.15, 0.2) is 0 Å². The molecule has 0 unspecified atom stereocenters. The highest BCUT2D eigenvalue weighted by Crippen LogP contribution is 2.44. The number of hydrogen-bond donors (Lipinski definition) is 3. The minimum Gasteiger partial charge on any atom is -1.00 e. The van der Waals surface area contributed by atoms with Crippen molar-refractivity contribution >= 4 is 12.1 Å². The van der Waals surface area contributed by atoms with Gasteiger partial charge in [0, 0.05) is 5.92 Å². The summed E-state index contributed by atoms with van der Waals surface area (Å²) in [7, 11) is 4.12. The summed E-state index contributed by atoms with van der Waals surface area (Å²) in [5, 5.41) is 11.9. The number of carboxylic acids is 1. The van der Waals surface area contributed by atoms with Crippen LogP contribution in [-0.4, -0.2) is 50.5 Å². The van der Waals surface area contributed by atoms with Gasteiger partial charge in [-0.2, -0.15) is 0 Å². The molecule has 7 heteroatoms. The van der Waals surface area contributed by atoms with Crippen LogP contribution >= 0.6 is 0 Å². The van der Waals surface area contributed by atoms with Crippen LogP contribution in [0, 0.1) is 0 Å². The van der Waals surface area contributed by atoms with Gasteiger partial charge in [0.1, 0.15) is 12.6 Å². The Balaban J connectivity index is 0.00000320. The van der Waals surface area contributed by atoms with E-state index in [1.165, 1.54) is 4.90 Å². The van der Waals surface area contributed by atoms with Gasteiger partial charge in [-0.1, -0.05) is 48.5 Å². The average Bonchev–Trinajstić information content (AvgIpc) is 3.02. The number of carbonyl (C=O) groups excluding carboxylic acids is 1. The number of carbonyl (C=O) groups is 2. The number of aliphatic carboxylic acids is 1. The van der Waals surface area contributed by atoms with E-state index in [9.17, 15) is 14.7 Å². The first-order chi connectivity index (χ1) is 14.0. The fraction of sp³-hybridized carbons (Fsp3) is 0.391. The van der Waals surface area contributed by atoms with E-state index in [0.717, 1.165) is 41.6 Å². The maximum atomic E-state index is 12.3. The lowest BCUT2D eigenvalue weighted by Crippen LogP contribution is -3.05. The van der Waals surface area contributed by atoms with E-state index in [-0.39, 0.29) is 24.9 Å². The van der Waals surface area contributed by atoms with Crippen molar-refractivity contribution in [1.29, 1.82) is 0 Å². The fourth-order valence-corrected chi connectivity index (χ4v) is 3.87. The van der Waals surface area contributed by atoms with Crippen molar-refractivity contribution in [3.05, 3.63) is 59.7 Å². The highest BCUT2D eigenvalue weighted by Gasteiger charge is 2.29. The molecule has 2 aromatic rings. The lowest BCUT2D eigenvalue weighted by molar-refractivity contribution is -0.858. The second kappa shape index (κ2) is 11.0. The van der Waals surface area contributed by atoms with Crippen molar-refractivity contribution in [2.45, 2.75) is 31.2 Å². The molecule has 0 spiro atoms. The Morgan fingerprint density at radius 2 is 1.60 bits per heavy atom. The van der Waals surface area contributed by atoms with Gasteiger partial charge in [-0.3, -0.25) is 0 Å². The number of halogens is 1. The Kier molecular flexibility index (Phi) is 8.69. The minimum absolute atomic E-state index is 0. The number of nitrogens with one attached hydrogen (secondary N) is 2. The first kappa shape index (κ1) is 23.7. The zero-order valence-corrected chi connectivity index (χ0v) is 18.1. The molecule has 2 aromatic carbocycles. The Morgan fingerprint density at radius 1 is 1.03 bits per heavy atom. The molecule has 1 aliphatic carbocycles. The molecular formula is C23H29ClN2O4. The van der Waals surface area contributed by atoms with Gasteiger partial charge < -0.3 is 32.5 Å². The second-order valence-corrected chi connectivity index (χ2v) is 7.81. The van der Waals surface area contributed by atoms with Gasteiger partial charge in [0.05, 0.1) is 20.6 Å². The molecule has 0 aliphatic heterocycles. The quantitative estimate of drug-likeness (QED) is 0.458. The number of hydrogen-bond acceptors (Lipinski definition) is 3. The lowest BCUT2D eigenvalue weighted by Gasteiger charge is -2.17. The molecule has 0 heterocycles. The SMILES string of the molecule is C[NH+](C)CCCC[C@@H](NC(=O)OCC1c2ccccc2-c2ccccc21)C(=O)O.[Cl-]. The zero-order valence-electron chi connectivity index (χ0n) is 17.4. The molecule has 0 saturated carbocycles. The summed E-state index contributed by atoms with van der Waals surface area (Å²) in [6.07, 6.45) is 1.37.